The van der Waals surface area contributed by atoms with Gasteiger partial charge in [0.2, 0.25) is 0 Å². The van der Waals surface area contributed by atoms with Gasteiger partial charge in [-0.05, 0) is 39.9 Å². The van der Waals surface area contributed by atoms with Gasteiger partial charge in [0.05, 0.1) is 6.61 Å². The summed E-state index contributed by atoms with van der Waals surface area (Å²) in [5, 5.41) is 12.7. The van der Waals surface area contributed by atoms with Gasteiger partial charge in [0, 0.05) is 18.1 Å². The second-order valence-electron chi connectivity index (χ2n) is 5.43. The third kappa shape index (κ3) is 4.09. The van der Waals surface area contributed by atoms with Crippen molar-refractivity contribution in [2.45, 2.75) is 31.8 Å². The number of nitrogens with zero attached hydrogens (tertiary/aromatic N) is 1. The molecule has 0 aliphatic heterocycles. The Morgan fingerprint density at radius 2 is 1.89 bits per heavy atom. The average molecular weight is 250 g/mol. The van der Waals surface area contributed by atoms with Gasteiger partial charge in [-0.25, -0.2) is 0 Å². The number of benzene rings is 1. The van der Waals surface area contributed by atoms with Crippen LogP contribution in [-0.4, -0.2) is 42.8 Å². The highest BCUT2D eigenvalue weighted by molar-refractivity contribution is 5.18. The summed E-state index contributed by atoms with van der Waals surface area (Å²) in [6.45, 7) is 5.25. The van der Waals surface area contributed by atoms with Crippen LogP contribution in [-0.2, 0) is 0 Å². The lowest BCUT2D eigenvalue weighted by molar-refractivity contribution is 0.0760. The molecule has 3 heteroatoms. The van der Waals surface area contributed by atoms with Crippen LogP contribution < -0.4 is 5.32 Å². The highest BCUT2D eigenvalue weighted by atomic mass is 16.3. The molecule has 0 saturated heterocycles. The second-order valence-corrected chi connectivity index (χ2v) is 5.43. The summed E-state index contributed by atoms with van der Waals surface area (Å²) in [5.41, 5.74) is 1.16. The minimum atomic E-state index is -0.158. The molecule has 0 heterocycles. The molecule has 1 rings (SSSR count). The Balaban J connectivity index is 2.56. The Morgan fingerprint density at radius 1 is 1.28 bits per heavy atom. The molecule has 0 aliphatic rings. The van der Waals surface area contributed by atoms with Crippen LogP contribution in [0, 0.1) is 0 Å². The molecule has 0 aliphatic carbocycles. The van der Waals surface area contributed by atoms with E-state index in [4.69, 9.17) is 0 Å². The first-order valence-electron chi connectivity index (χ1n) is 6.55. The first-order valence-corrected chi connectivity index (χ1v) is 6.55. The summed E-state index contributed by atoms with van der Waals surface area (Å²) < 4.78 is 0. The van der Waals surface area contributed by atoms with Gasteiger partial charge in [0.1, 0.15) is 0 Å². The highest BCUT2D eigenvalue weighted by Crippen LogP contribution is 2.18. The van der Waals surface area contributed by atoms with E-state index in [2.05, 4.69) is 55.4 Å². The zero-order chi connectivity index (χ0) is 13.6. The van der Waals surface area contributed by atoms with Gasteiger partial charge >= 0.3 is 0 Å². The van der Waals surface area contributed by atoms with Gasteiger partial charge < -0.3 is 10.4 Å². The van der Waals surface area contributed by atoms with E-state index in [1.54, 1.807) is 0 Å². The average Bonchev–Trinajstić information content (AvgIpc) is 2.40. The molecule has 0 fully saturated rings. The van der Waals surface area contributed by atoms with Crippen molar-refractivity contribution in [2.24, 2.45) is 0 Å². The smallest absolute Gasteiger partial charge is 0.0609 e. The summed E-state index contributed by atoms with van der Waals surface area (Å²) >= 11 is 0. The van der Waals surface area contributed by atoms with E-state index in [1.165, 1.54) is 5.56 Å². The maximum absolute atomic E-state index is 9.35. The van der Waals surface area contributed by atoms with Gasteiger partial charge in [0.25, 0.3) is 0 Å². The van der Waals surface area contributed by atoms with E-state index >= 15 is 0 Å². The Morgan fingerprint density at radius 3 is 2.39 bits per heavy atom. The first-order chi connectivity index (χ1) is 8.51. The molecule has 0 saturated carbocycles. The molecule has 1 unspecified atom stereocenters. The lowest BCUT2D eigenvalue weighted by Crippen LogP contribution is -2.45. The molecule has 2 N–H and O–H groups in total. The molecule has 1 aromatic carbocycles. The predicted molar refractivity (Wildman–Crippen MR) is 76.7 cm³/mol. The summed E-state index contributed by atoms with van der Waals surface area (Å²) in [6, 6.07) is 10.8. The molecular formula is C15H26N2O. The lowest BCUT2D eigenvalue weighted by atomic mass is 10.0. The van der Waals surface area contributed by atoms with Crippen molar-refractivity contribution in [3.8, 4) is 0 Å². The van der Waals surface area contributed by atoms with Crippen molar-refractivity contribution >= 4 is 0 Å². The Hall–Kier alpha value is -0.900. The third-order valence-corrected chi connectivity index (χ3v) is 3.72. The van der Waals surface area contributed by atoms with Gasteiger partial charge in [0.15, 0.2) is 0 Å². The number of nitrogens with one attached hydrogen (secondary N) is 1. The second kappa shape index (κ2) is 6.88. The molecule has 1 atom stereocenters. The van der Waals surface area contributed by atoms with E-state index in [0.717, 1.165) is 13.0 Å². The van der Waals surface area contributed by atoms with Crippen LogP contribution in [0.3, 0.4) is 0 Å². The van der Waals surface area contributed by atoms with E-state index in [0.29, 0.717) is 6.04 Å². The monoisotopic (exact) mass is 250 g/mol. The molecule has 0 radical (unpaired) electrons. The normalized spacial score (nSPS) is 13.9. The molecule has 0 spiro atoms. The summed E-state index contributed by atoms with van der Waals surface area (Å²) in [6.07, 6.45) is 1.03. The Labute approximate surface area is 111 Å². The summed E-state index contributed by atoms with van der Waals surface area (Å²) in [4.78, 5) is 2.21. The molecule has 3 nitrogen and oxygen atoms in total. The number of aliphatic hydroxyl groups excluding tert-OH is 1. The third-order valence-electron chi connectivity index (χ3n) is 3.72. The number of likely N-dealkylation sites (N-methyl/N-ethyl adjacent to an activating group) is 1. The molecule has 0 amide bonds. The number of hydrogen-bond donors (Lipinski definition) is 2. The van der Waals surface area contributed by atoms with Crippen LogP contribution in [0.15, 0.2) is 30.3 Å². The highest BCUT2D eigenvalue weighted by Gasteiger charge is 2.22. The van der Waals surface area contributed by atoms with Crippen LogP contribution in [0.5, 0.6) is 0 Å². The molecule has 0 bridgehead atoms. The molecule has 102 valence electrons. The van der Waals surface area contributed by atoms with Crippen molar-refractivity contribution in [1.29, 1.82) is 0 Å². The molecular weight excluding hydrogens is 224 g/mol. The van der Waals surface area contributed by atoms with Gasteiger partial charge in [-0.15, -0.1) is 0 Å². The van der Waals surface area contributed by atoms with Gasteiger partial charge in [-0.2, -0.15) is 0 Å². The largest absolute Gasteiger partial charge is 0.394 e. The maximum Gasteiger partial charge on any atom is 0.0609 e. The fourth-order valence-corrected chi connectivity index (χ4v) is 1.91. The topological polar surface area (TPSA) is 35.5 Å². The van der Waals surface area contributed by atoms with Crippen LogP contribution >= 0.6 is 0 Å². The van der Waals surface area contributed by atoms with E-state index in [9.17, 15) is 5.11 Å². The fraction of sp³-hybridized carbons (Fsp3) is 0.600. The zero-order valence-electron chi connectivity index (χ0n) is 12.0. The quantitative estimate of drug-likeness (QED) is 0.777. The van der Waals surface area contributed by atoms with E-state index in [1.807, 2.05) is 13.1 Å². The van der Waals surface area contributed by atoms with Gasteiger partial charge in [-0.3, -0.25) is 4.90 Å². The summed E-state index contributed by atoms with van der Waals surface area (Å²) in [7, 11) is 4.06. The first kappa shape index (κ1) is 15.2. The van der Waals surface area contributed by atoms with Crippen LogP contribution in [0.4, 0.5) is 0 Å². The van der Waals surface area contributed by atoms with Crippen molar-refractivity contribution in [3.63, 3.8) is 0 Å². The van der Waals surface area contributed by atoms with Crippen LogP contribution in [0.1, 0.15) is 31.9 Å². The number of hydrogen-bond acceptors (Lipinski definition) is 3. The van der Waals surface area contributed by atoms with Crippen molar-refractivity contribution in [1.82, 2.24) is 10.2 Å². The number of rotatable bonds is 7. The minimum Gasteiger partial charge on any atom is -0.394 e. The fourth-order valence-electron chi connectivity index (χ4n) is 1.91. The SMILES string of the molecule is CNC(CCN(C)C(C)(C)CO)c1ccccc1. The zero-order valence-corrected chi connectivity index (χ0v) is 12.0. The van der Waals surface area contributed by atoms with Crippen molar-refractivity contribution in [2.75, 3.05) is 27.2 Å². The maximum atomic E-state index is 9.35. The molecule has 18 heavy (non-hydrogen) atoms. The summed E-state index contributed by atoms with van der Waals surface area (Å²) in [5.74, 6) is 0. The lowest BCUT2D eigenvalue weighted by Gasteiger charge is -2.34. The van der Waals surface area contributed by atoms with Gasteiger partial charge in [-0.1, -0.05) is 30.3 Å². The minimum absolute atomic E-state index is 0.158. The van der Waals surface area contributed by atoms with E-state index < -0.39 is 0 Å². The van der Waals surface area contributed by atoms with Crippen molar-refractivity contribution in [3.05, 3.63) is 35.9 Å². The van der Waals surface area contributed by atoms with Crippen LogP contribution in [0.25, 0.3) is 0 Å². The standard InChI is InChI=1S/C15H26N2O/c1-15(2,12-18)17(4)11-10-14(16-3)13-8-6-5-7-9-13/h5-9,14,16,18H,10-12H2,1-4H3. The Bertz CT molecular complexity index is 338. The van der Waals surface area contributed by atoms with Crippen LogP contribution in [0.2, 0.25) is 0 Å². The predicted octanol–water partition coefficient (Wildman–Crippen LogP) is 2.04. The van der Waals surface area contributed by atoms with E-state index in [-0.39, 0.29) is 12.1 Å². The Kier molecular flexibility index (Phi) is 5.79. The molecule has 1 aromatic rings. The molecule has 0 aromatic heterocycles. The number of aliphatic hydroxyl groups is 1. The van der Waals surface area contributed by atoms with Crippen molar-refractivity contribution < 1.29 is 5.11 Å².